The van der Waals surface area contributed by atoms with Crippen molar-refractivity contribution in [1.82, 2.24) is 0 Å². The molecule has 30 heavy (non-hydrogen) atoms. The molecule has 0 atom stereocenters. The van der Waals surface area contributed by atoms with Crippen LogP contribution in [0.25, 0.3) is 0 Å². The standard InChI is InChI=1S/C25H30N2O3/c1-2-3-4-18-5-9-22(10-6-18)26-13-14-27(25(26)30)23-11-7-19(8-12-23)15-20-16-21(17-20)24(28)29/h5-12,20-21H,2-4,13-17H2,1H3,(H,28,29). The largest absolute Gasteiger partial charge is 0.481 e. The van der Waals surface area contributed by atoms with Crippen molar-refractivity contribution in [3.63, 3.8) is 0 Å². The maximum absolute atomic E-state index is 13.0. The van der Waals surface area contributed by atoms with E-state index in [1.165, 1.54) is 24.0 Å². The summed E-state index contributed by atoms with van der Waals surface area (Å²) < 4.78 is 0. The number of carbonyl (C=O) groups is 2. The second-order valence-corrected chi connectivity index (χ2v) is 8.60. The fraction of sp³-hybridized carbons (Fsp3) is 0.440. The number of nitrogens with zero attached hydrogens (tertiary/aromatic N) is 2. The van der Waals surface area contributed by atoms with Crippen LogP contribution < -0.4 is 9.80 Å². The van der Waals surface area contributed by atoms with E-state index < -0.39 is 5.97 Å². The number of aliphatic carboxylic acids is 1. The molecule has 0 radical (unpaired) electrons. The third kappa shape index (κ3) is 4.35. The van der Waals surface area contributed by atoms with Crippen LogP contribution >= 0.6 is 0 Å². The Bertz CT molecular complexity index is 886. The minimum absolute atomic E-state index is 0.0207. The normalized spacial score (nSPS) is 21.0. The SMILES string of the molecule is CCCCc1ccc(N2CCN(c3ccc(CC4CC(C(=O)O)C4)cc3)C2=O)cc1. The van der Waals surface area contributed by atoms with E-state index in [-0.39, 0.29) is 11.9 Å². The zero-order valence-electron chi connectivity index (χ0n) is 17.6. The van der Waals surface area contributed by atoms with Crippen LogP contribution in [0.4, 0.5) is 16.2 Å². The van der Waals surface area contributed by atoms with Gasteiger partial charge in [-0.2, -0.15) is 0 Å². The summed E-state index contributed by atoms with van der Waals surface area (Å²) in [6.45, 7) is 3.56. The van der Waals surface area contributed by atoms with Gasteiger partial charge < -0.3 is 5.11 Å². The summed E-state index contributed by atoms with van der Waals surface area (Å²) in [5, 5.41) is 9.01. The summed E-state index contributed by atoms with van der Waals surface area (Å²) in [4.78, 5) is 27.6. The number of carbonyl (C=O) groups excluding carboxylic acids is 1. The van der Waals surface area contributed by atoms with Crippen molar-refractivity contribution in [2.45, 2.75) is 45.4 Å². The van der Waals surface area contributed by atoms with Crippen LogP contribution in [0.2, 0.25) is 0 Å². The minimum Gasteiger partial charge on any atom is -0.481 e. The van der Waals surface area contributed by atoms with Gasteiger partial charge in [0.25, 0.3) is 0 Å². The fourth-order valence-electron chi connectivity index (χ4n) is 4.49. The zero-order valence-corrected chi connectivity index (χ0v) is 17.6. The van der Waals surface area contributed by atoms with E-state index in [0.29, 0.717) is 19.0 Å². The molecule has 1 saturated carbocycles. The first-order chi connectivity index (χ1) is 14.5. The molecule has 5 heteroatoms. The number of hydrogen-bond acceptors (Lipinski definition) is 2. The average molecular weight is 407 g/mol. The highest BCUT2D eigenvalue weighted by molar-refractivity contribution is 6.06. The van der Waals surface area contributed by atoms with Crippen LogP contribution in [-0.4, -0.2) is 30.2 Å². The lowest BCUT2D eigenvalue weighted by molar-refractivity contribution is -0.146. The summed E-state index contributed by atoms with van der Waals surface area (Å²) in [5.74, 6) is -0.376. The Balaban J connectivity index is 1.35. The number of aryl methyl sites for hydroxylation is 1. The number of urea groups is 1. The topological polar surface area (TPSA) is 60.9 Å². The highest BCUT2D eigenvalue weighted by Crippen LogP contribution is 2.36. The molecular formula is C25H30N2O3. The highest BCUT2D eigenvalue weighted by Gasteiger charge is 2.34. The zero-order chi connectivity index (χ0) is 21.1. The van der Waals surface area contributed by atoms with Crippen LogP contribution in [0.3, 0.4) is 0 Å². The van der Waals surface area contributed by atoms with E-state index in [1.807, 2.05) is 21.9 Å². The Labute approximate surface area is 178 Å². The molecule has 0 bridgehead atoms. The maximum Gasteiger partial charge on any atom is 0.329 e. The van der Waals surface area contributed by atoms with E-state index in [4.69, 9.17) is 5.11 Å². The Morgan fingerprint density at radius 1 is 0.933 bits per heavy atom. The molecule has 4 rings (SSSR count). The molecule has 1 saturated heterocycles. The molecule has 2 aliphatic rings. The van der Waals surface area contributed by atoms with E-state index in [2.05, 4.69) is 43.3 Å². The van der Waals surface area contributed by atoms with Crippen molar-refractivity contribution in [1.29, 1.82) is 0 Å². The monoisotopic (exact) mass is 406 g/mol. The summed E-state index contributed by atoms with van der Waals surface area (Å²) in [6, 6.07) is 16.6. The van der Waals surface area contributed by atoms with Gasteiger partial charge in [-0.05, 0) is 73.4 Å². The van der Waals surface area contributed by atoms with E-state index >= 15 is 0 Å². The van der Waals surface area contributed by atoms with Crippen molar-refractivity contribution in [3.05, 3.63) is 59.7 Å². The lowest BCUT2D eigenvalue weighted by Crippen LogP contribution is -2.32. The Kier molecular flexibility index (Phi) is 6.07. The molecule has 1 heterocycles. The van der Waals surface area contributed by atoms with Gasteiger partial charge in [0, 0.05) is 24.5 Å². The first kappa shape index (κ1) is 20.5. The number of carboxylic acids is 1. The Morgan fingerprint density at radius 3 is 1.97 bits per heavy atom. The summed E-state index contributed by atoms with van der Waals surface area (Å²) in [5.41, 5.74) is 4.40. The lowest BCUT2D eigenvalue weighted by atomic mass is 9.72. The number of hydrogen-bond donors (Lipinski definition) is 1. The highest BCUT2D eigenvalue weighted by atomic mass is 16.4. The molecule has 0 aromatic heterocycles. The van der Waals surface area contributed by atoms with Gasteiger partial charge in [-0.25, -0.2) is 4.79 Å². The van der Waals surface area contributed by atoms with Crippen molar-refractivity contribution in [3.8, 4) is 0 Å². The van der Waals surface area contributed by atoms with E-state index in [0.717, 1.165) is 37.1 Å². The number of rotatable bonds is 8. The van der Waals surface area contributed by atoms with E-state index in [1.54, 1.807) is 0 Å². The molecule has 2 aromatic carbocycles. The molecule has 1 aliphatic heterocycles. The molecule has 2 aromatic rings. The predicted octanol–water partition coefficient (Wildman–Crippen LogP) is 5.13. The van der Waals surface area contributed by atoms with Crippen LogP contribution in [0, 0.1) is 11.8 Å². The molecule has 2 amide bonds. The van der Waals surface area contributed by atoms with Gasteiger partial charge >= 0.3 is 12.0 Å². The van der Waals surface area contributed by atoms with Crippen molar-refractivity contribution in [2.75, 3.05) is 22.9 Å². The first-order valence-electron chi connectivity index (χ1n) is 11.0. The van der Waals surface area contributed by atoms with E-state index in [9.17, 15) is 9.59 Å². The van der Waals surface area contributed by atoms with Gasteiger partial charge in [-0.3, -0.25) is 14.6 Å². The fourth-order valence-corrected chi connectivity index (χ4v) is 4.49. The summed E-state index contributed by atoms with van der Waals surface area (Å²) in [7, 11) is 0. The number of anilines is 2. The van der Waals surface area contributed by atoms with Crippen LogP contribution in [0.5, 0.6) is 0 Å². The van der Waals surface area contributed by atoms with Crippen LogP contribution in [-0.2, 0) is 17.6 Å². The number of carboxylic acid groups (broad SMARTS) is 1. The predicted molar refractivity (Wildman–Crippen MR) is 119 cm³/mol. The van der Waals surface area contributed by atoms with Gasteiger partial charge in [0.2, 0.25) is 0 Å². The van der Waals surface area contributed by atoms with Crippen LogP contribution in [0.1, 0.15) is 43.7 Å². The lowest BCUT2D eigenvalue weighted by Gasteiger charge is -2.32. The van der Waals surface area contributed by atoms with Gasteiger partial charge in [-0.1, -0.05) is 37.6 Å². The summed E-state index contributed by atoms with van der Waals surface area (Å²) in [6.07, 6.45) is 5.91. The third-order valence-electron chi connectivity index (χ3n) is 6.43. The molecule has 5 nitrogen and oxygen atoms in total. The molecule has 158 valence electrons. The van der Waals surface area contributed by atoms with Crippen LogP contribution in [0.15, 0.2) is 48.5 Å². The smallest absolute Gasteiger partial charge is 0.329 e. The molecule has 1 N–H and O–H groups in total. The van der Waals surface area contributed by atoms with Crippen molar-refractivity contribution in [2.24, 2.45) is 11.8 Å². The second-order valence-electron chi connectivity index (χ2n) is 8.60. The van der Waals surface area contributed by atoms with Gasteiger partial charge in [0.15, 0.2) is 0 Å². The number of amides is 2. The quantitative estimate of drug-likeness (QED) is 0.661. The average Bonchev–Trinajstić information content (AvgIpc) is 3.10. The first-order valence-corrected chi connectivity index (χ1v) is 11.0. The Hall–Kier alpha value is -2.82. The van der Waals surface area contributed by atoms with Crippen molar-refractivity contribution < 1.29 is 14.7 Å². The third-order valence-corrected chi connectivity index (χ3v) is 6.43. The van der Waals surface area contributed by atoms with Gasteiger partial charge in [-0.15, -0.1) is 0 Å². The molecule has 0 unspecified atom stereocenters. The van der Waals surface area contributed by atoms with Crippen molar-refractivity contribution >= 4 is 23.4 Å². The molecule has 2 fully saturated rings. The Morgan fingerprint density at radius 2 is 1.47 bits per heavy atom. The van der Waals surface area contributed by atoms with Gasteiger partial charge in [0.05, 0.1) is 5.92 Å². The summed E-state index contributed by atoms with van der Waals surface area (Å²) >= 11 is 0. The molecule has 0 spiro atoms. The number of unbranched alkanes of at least 4 members (excludes halogenated alkanes) is 1. The molecule has 1 aliphatic carbocycles. The minimum atomic E-state index is -0.672. The number of benzene rings is 2. The van der Waals surface area contributed by atoms with Gasteiger partial charge in [0.1, 0.15) is 0 Å². The second kappa shape index (κ2) is 8.90. The molecular weight excluding hydrogens is 376 g/mol. The maximum atomic E-state index is 13.0.